The molecule has 22 fully saturated rings. The number of hydrogen-bond acceptors (Lipinski definition) is 30. The van der Waals surface area contributed by atoms with Gasteiger partial charge >= 0.3 is 0 Å². The molecule has 22 rings (SSSR count). The Balaban J connectivity index is 0.00000741. The van der Waals surface area contributed by atoms with E-state index in [1.54, 1.807) is 0 Å². The molecule has 392 valence electrons. The predicted molar refractivity (Wildman–Crippen MR) is 199 cm³/mol. The van der Waals surface area contributed by atoms with E-state index in [4.69, 9.17) is 56.8 Å². The van der Waals surface area contributed by atoms with E-state index in [-0.39, 0.29) is 5.48 Å². The molecule has 22 aliphatic heterocycles. The molecule has 20 N–H and O–H groups in total. The Bertz CT molecular complexity index is 1230. The third-order valence-electron chi connectivity index (χ3n) is 12.7. The maximum Gasteiger partial charge on any atom is 0.187 e. The average Bonchev–Trinajstić information content (AvgIpc) is 3.31. The summed E-state index contributed by atoms with van der Waals surface area (Å²) in [5.41, 5.74) is 0. The predicted octanol–water partition coefficient (Wildman–Crippen LogP) is -13.9. The van der Waals surface area contributed by atoms with Gasteiger partial charge in [0.05, 0.1) is 39.6 Å². The van der Waals surface area contributed by atoms with Crippen LogP contribution in [0.15, 0.2) is 0 Å². The second kappa shape index (κ2) is 23.1. The molecule has 30 atom stereocenters. The normalized spacial score (nSPS) is 54.5. The largest absolute Gasteiger partial charge is 0.412 e. The van der Waals surface area contributed by atoms with Gasteiger partial charge in [0, 0.05) is 0 Å². The summed E-state index contributed by atoms with van der Waals surface area (Å²) in [6.07, 6.45) is -58.5. The van der Waals surface area contributed by atoms with Gasteiger partial charge in [-0.1, -0.05) is 0 Å². The van der Waals surface area contributed by atoms with Crippen molar-refractivity contribution in [3.63, 3.8) is 0 Å². The molecule has 0 aromatic heterocycles. The number of rotatable bonds is 6. The Hall–Kier alpha value is -1.24. The first kappa shape index (κ1) is 55.1. The second-order valence-electron chi connectivity index (χ2n) is 16.8. The number of aliphatic hydroxyl groups is 18. The van der Waals surface area contributed by atoms with Gasteiger partial charge in [-0.25, -0.2) is 0 Å². The van der Waals surface area contributed by atoms with Crippen LogP contribution in [0.4, 0.5) is 0 Å². The van der Waals surface area contributed by atoms with Crippen molar-refractivity contribution < 1.29 is 154 Å². The fourth-order valence-electron chi connectivity index (χ4n) is 8.93. The topological polar surface area (TPSA) is 506 Å². The zero-order chi connectivity index (χ0) is 48.0. The van der Waals surface area contributed by atoms with Crippen LogP contribution < -0.4 is 0 Å². The molecule has 67 heavy (non-hydrogen) atoms. The molecule has 22 aliphatic rings. The molecule has 0 amide bonds. The Morgan fingerprint density at radius 1 is 0.194 bits per heavy atom. The van der Waals surface area contributed by atoms with Crippen LogP contribution in [0.25, 0.3) is 0 Å². The van der Waals surface area contributed by atoms with E-state index < -0.39 is 224 Å². The first-order valence-corrected chi connectivity index (χ1v) is 21.1. The second-order valence-corrected chi connectivity index (χ2v) is 16.8. The minimum atomic E-state index is -2.15. The van der Waals surface area contributed by atoms with Crippen molar-refractivity contribution in [1.82, 2.24) is 0 Å². The van der Waals surface area contributed by atoms with Crippen LogP contribution in [-0.2, 0) is 56.8 Å². The summed E-state index contributed by atoms with van der Waals surface area (Å²) in [5, 5.41) is 196. The van der Waals surface area contributed by atoms with E-state index in [9.17, 15) is 91.9 Å². The standard InChI is InChI=1S/C36H60O30.H2O/c37-1-7-25-13(43)19(49)31(55-7)62-26-8(2-38)57-33(21(51)15(26)45)64-28-10(4-40)59-35(23(53)17(28)47)66-30-12(6-42)60-36(24(54)18(30)48)65-29-11(5-41)58-34(22(52)16(29)46)63-27-9(3-39)56-32(61-25)20(50)14(27)44;/h7-54H,1-6H2;1H2/t7?,8?,9?,10?,11?,12?,13?,14?,15?,16?,17?,18?,19?,20?,21?,22?,23?,24?,25-,26-,27-,28-,29-,30+,31-,32-,33-,34-,35-,36-;/m1./s1. The van der Waals surface area contributed by atoms with Crippen LogP contribution in [0.3, 0.4) is 0 Å². The summed E-state index contributed by atoms with van der Waals surface area (Å²) in [4.78, 5) is 0. The van der Waals surface area contributed by atoms with Crippen LogP contribution in [0, 0.1) is 0 Å². The molecule has 22 saturated heterocycles. The fourth-order valence-corrected chi connectivity index (χ4v) is 8.93. The van der Waals surface area contributed by atoms with Crippen molar-refractivity contribution >= 4 is 0 Å². The van der Waals surface area contributed by atoms with Crippen LogP contribution in [0.1, 0.15) is 0 Å². The minimum Gasteiger partial charge on any atom is -0.412 e. The van der Waals surface area contributed by atoms with E-state index in [0.29, 0.717) is 0 Å². The van der Waals surface area contributed by atoms with Crippen LogP contribution in [0.5, 0.6) is 0 Å². The Morgan fingerprint density at radius 2 is 0.313 bits per heavy atom. The van der Waals surface area contributed by atoms with Gasteiger partial charge in [0.25, 0.3) is 0 Å². The van der Waals surface area contributed by atoms with Crippen molar-refractivity contribution in [3.8, 4) is 0 Å². The summed E-state index contributed by atoms with van der Waals surface area (Å²) < 4.78 is 67.9. The van der Waals surface area contributed by atoms with Crippen molar-refractivity contribution in [2.45, 2.75) is 184 Å². The minimum absolute atomic E-state index is 0. The van der Waals surface area contributed by atoms with Crippen LogP contribution in [-0.4, -0.2) is 321 Å². The third-order valence-corrected chi connectivity index (χ3v) is 12.7. The molecule has 0 spiro atoms. The molecule has 18 unspecified atom stereocenters. The van der Waals surface area contributed by atoms with E-state index in [1.165, 1.54) is 0 Å². The molecule has 0 aliphatic carbocycles. The Kier molecular flexibility index (Phi) is 19.0. The van der Waals surface area contributed by atoms with Gasteiger partial charge in [-0.3, -0.25) is 0 Å². The van der Waals surface area contributed by atoms with Gasteiger partial charge < -0.3 is 154 Å². The highest BCUT2D eigenvalue weighted by molar-refractivity contribution is 5.01. The van der Waals surface area contributed by atoms with Crippen molar-refractivity contribution in [1.29, 1.82) is 0 Å². The lowest BCUT2D eigenvalue weighted by molar-refractivity contribution is -0.404. The van der Waals surface area contributed by atoms with Gasteiger partial charge in [0.1, 0.15) is 146 Å². The van der Waals surface area contributed by atoms with Gasteiger partial charge in [-0.15, -0.1) is 0 Å². The molecule has 0 aromatic carbocycles. The first-order valence-electron chi connectivity index (χ1n) is 21.1. The molecular formula is C36H62O31. The zero-order valence-electron chi connectivity index (χ0n) is 35.0. The van der Waals surface area contributed by atoms with E-state index in [0.717, 1.165) is 0 Å². The fraction of sp³-hybridized carbons (Fsp3) is 1.00. The van der Waals surface area contributed by atoms with Gasteiger partial charge in [0.2, 0.25) is 0 Å². The molecular weight excluding hydrogens is 928 g/mol. The summed E-state index contributed by atoms with van der Waals surface area (Å²) >= 11 is 0. The number of aliphatic hydroxyl groups excluding tert-OH is 18. The smallest absolute Gasteiger partial charge is 0.187 e. The van der Waals surface area contributed by atoms with Crippen LogP contribution >= 0.6 is 0 Å². The third kappa shape index (κ3) is 10.7. The SMILES string of the molecule is O.OCC1O[C@@H]2O[C@@H]3C(CO)O[C@H](O[C@@H]4C(CO)O[C@H](O[C@H]5C(CO)O[C@H](O[C@@H]6C(CO)O[C@H](O[C@@H]7C(CO)O[C@H](O[C@H]1C(O)C2O)C(O)C7O)C(O)C6O)C(O)C5O)C(O)C4O)C(O)C3O. The summed E-state index contributed by atoms with van der Waals surface area (Å²) in [6, 6.07) is 0. The molecule has 0 saturated carbocycles. The molecule has 0 radical (unpaired) electrons. The van der Waals surface area contributed by atoms with Gasteiger partial charge in [-0.2, -0.15) is 0 Å². The summed E-state index contributed by atoms with van der Waals surface area (Å²) in [7, 11) is 0. The van der Waals surface area contributed by atoms with E-state index >= 15 is 0 Å². The molecule has 31 heteroatoms. The molecule has 12 bridgehead atoms. The first-order chi connectivity index (χ1) is 31.4. The Morgan fingerprint density at radius 3 is 0.418 bits per heavy atom. The summed E-state index contributed by atoms with van der Waals surface area (Å²) in [6.45, 7) is -5.99. The highest BCUT2D eigenvalue weighted by Crippen LogP contribution is 2.38. The average molecular weight is 991 g/mol. The lowest BCUT2D eigenvalue weighted by Crippen LogP contribution is -2.69. The van der Waals surface area contributed by atoms with Crippen LogP contribution in [0.2, 0.25) is 0 Å². The van der Waals surface area contributed by atoms with E-state index in [1.807, 2.05) is 0 Å². The highest BCUT2D eigenvalue weighted by atomic mass is 16.8. The quantitative estimate of drug-likeness (QED) is 0.117. The molecule has 0 aromatic rings. The van der Waals surface area contributed by atoms with E-state index in [2.05, 4.69) is 0 Å². The number of hydrogen-bond donors (Lipinski definition) is 18. The maximum absolute atomic E-state index is 11.2. The van der Waals surface area contributed by atoms with Gasteiger partial charge in [-0.05, 0) is 0 Å². The van der Waals surface area contributed by atoms with Crippen molar-refractivity contribution in [2.24, 2.45) is 0 Å². The molecule has 31 nitrogen and oxygen atoms in total. The van der Waals surface area contributed by atoms with Gasteiger partial charge in [0.15, 0.2) is 37.7 Å². The number of ether oxygens (including phenoxy) is 12. The highest BCUT2D eigenvalue weighted by Gasteiger charge is 2.58. The zero-order valence-corrected chi connectivity index (χ0v) is 35.0. The van der Waals surface area contributed by atoms with Crippen molar-refractivity contribution in [3.05, 3.63) is 0 Å². The monoisotopic (exact) mass is 990 g/mol. The Labute approximate surface area is 378 Å². The maximum atomic E-state index is 11.2. The lowest BCUT2D eigenvalue weighted by atomic mass is 9.94. The van der Waals surface area contributed by atoms with Crippen molar-refractivity contribution in [2.75, 3.05) is 39.6 Å². The lowest BCUT2D eigenvalue weighted by Gasteiger charge is -2.50. The summed E-state index contributed by atoms with van der Waals surface area (Å²) in [5.74, 6) is 0. The molecule has 22 heterocycles.